The number of benzene rings is 1. The van der Waals surface area contributed by atoms with E-state index in [1.54, 1.807) is 24.5 Å². The van der Waals surface area contributed by atoms with Crippen LogP contribution in [0.4, 0.5) is 5.69 Å². The molecule has 6 heteroatoms. The van der Waals surface area contributed by atoms with Crippen LogP contribution in [-0.4, -0.2) is 21.0 Å². The lowest BCUT2D eigenvalue weighted by Gasteiger charge is -2.04. The Bertz CT molecular complexity index is 511. The fourth-order valence-electron chi connectivity index (χ4n) is 1.21. The largest absolute Gasteiger partial charge is 0.478 e. The Balaban J connectivity index is 2.38. The lowest BCUT2D eigenvalue weighted by Crippen LogP contribution is -2.00. The highest BCUT2D eigenvalue weighted by Gasteiger charge is 2.12. The van der Waals surface area contributed by atoms with Crippen molar-refractivity contribution in [1.82, 2.24) is 9.97 Å². The quantitative estimate of drug-likeness (QED) is 0.706. The van der Waals surface area contributed by atoms with Crippen molar-refractivity contribution in [2.24, 2.45) is 0 Å². The average Bonchev–Trinajstić information content (AvgIpc) is 2.70. The van der Waals surface area contributed by atoms with E-state index in [9.17, 15) is 4.79 Å². The lowest BCUT2D eigenvalue weighted by atomic mass is 10.2. The number of carbonyl (C=O) groups is 1. The molecule has 0 radical (unpaired) electrons. The molecule has 4 N–H and O–H groups in total. The van der Waals surface area contributed by atoms with E-state index < -0.39 is 5.97 Å². The number of carboxylic acids is 1. The molecule has 16 heavy (non-hydrogen) atoms. The van der Waals surface area contributed by atoms with Crippen molar-refractivity contribution in [2.75, 3.05) is 5.73 Å². The number of anilines is 1. The maximum absolute atomic E-state index is 11.0. The predicted molar refractivity (Wildman–Crippen MR) is 60.5 cm³/mol. The number of nitrogens with zero attached hydrogens (tertiary/aromatic N) is 1. The van der Waals surface area contributed by atoms with Gasteiger partial charge in [0.25, 0.3) is 0 Å². The number of nitrogens with one attached hydrogen (secondary N) is 1. The first kappa shape index (κ1) is 10.6. The van der Waals surface area contributed by atoms with Crippen LogP contribution in [0, 0.1) is 0 Å². The summed E-state index contributed by atoms with van der Waals surface area (Å²) < 4.78 is 0. The van der Waals surface area contributed by atoms with Crippen molar-refractivity contribution < 1.29 is 9.90 Å². The van der Waals surface area contributed by atoms with Crippen molar-refractivity contribution in [3.63, 3.8) is 0 Å². The van der Waals surface area contributed by atoms with Gasteiger partial charge < -0.3 is 15.8 Å². The molecule has 0 aliphatic rings. The second-order valence-corrected chi connectivity index (χ2v) is 4.09. The molecule has 1 aromatic heterocycles. The SMILES string of the molecule is Nc1ccc(C(=O)O)c(Sc2ncc[nH]2)c1. The fourth-order valence-corrected chi connectivity index (χ4v) is 2.12. The Labute approximate surface area is 95.7 Å². The normalized spacial score (nSPS) is 10.2. The first-order chi connectivity index (χ1) is 7.66. The number of H-pyrrole nitrogens is 1. The van der Waals surface area contributed by atoms with Crippen LogP contribution in [0.25, 0.3) is 0 Å². The number of nitrogens with two attached hydrogens (primary N) is 1. The van der Waals surface area contributed by atoms with Crippen LogP contribution in [-0.2, 0) is 0 Å². The number of imidazole rings is 1. The van der Waals surface area contributed by atoms with E-state index in [1.807, 2.05) is 0 Å². The summed E-state index contributed by atoms with van der Waals surface area (Å²) in [6, 6.07) is 4.68. The standard InChI is InChI=1S/C10H9N3O2S/c11-6-1-2-7(9(14)15)8(5-6)16-10-12-3-4-13-10/h1-5H,11H2,(H,12,13)(H,14,15). The molecule has 0 fully saturated rings. The fraction of sp³-hybridized carbons (Fsp3) is 0. The molecule has 0 spiro atoms. The van der Waals surface area contributed by atoms with Crippen LogP contribution in [0.1, 0.15) is 10.4 Å². The Morgan fingerprint density at radius 2 is 2.31 bits per heavy atom. The van der Waals surface area contributed by atoms with Crippen LogP contribution in [0.2, 0.25) is 0 Å². The summed E-state index contributed by atoms with van der Waals surface area (Å²) in [7, 11) is 0. The summed E-state index contributed by atoms with van der Waals surface area (Å²) in [5.41, 5.74) is 6.36. The number of nitrogen functional groups attached to an aromatic ring is 1. The van der Waals surface area contributed by atoms with E-state index in [0.29, 0.717) is 15.7 Å². The number of hydrogen-bond acceptors (Lipinski definition) is 4. The van der Waals surface area contributed by atoms with Crippen molar-refractivity contribution >= 4 is 23.4 Å². The Hall–Kier alpha value is -1.95. The molecule has 0 atom stereocenters. The first-order valence-corrected chi connectivity index (χ1v) is 5.28. The van der Waals surface area contributed by atoms with E-state index in [1.165, 1.54) is 17.8 Å². The van der Waals surface area contributed by atoms with Gasteiger partial charge in [-0.2, -0.15) is 0 Å². The van der Waals surface area contributed by atoms with Gasteiger partial charge in [-0.1, -0.05) is 11.8 Å². The van der Waals surface area contributed by atoms with Gasteiger partial charge in [0.1, 0.15) is 0 Å². The van der Waals surface area contributed by atoms with Crippen LogP contribution >= 0.6 is 11.8 Å². The third kappa shape index (κ3) is 2.17. The molecule has 0 bridgehead atoms. The average molecular weight is 235 g/mol. The van der Waals surface area contributed by atoms with Gasteiger partial charge in [0, 0.05) is 23.0 Å². The molecular weight excluding hydrogens is 226 g/mol. The Morgan fingerprint density at radius 3 is 2.94 bits per heavy atom. The van der Waals surface area contributed by atoms with E-state index in [4.69, 9.17) is 10.8 Å². The van der Waals surface area contributed by atoms with Crippen LogP contribution in [0.3, 0.4) is 0 Å². The van der Waals surface area contributed by atoms with Gasteiger partial charge in [-0.3, -0.25) is 0 Å². The topological polar surface area (TPSA) is 92.0 Å². The molecule has 0 saturated carbocycles. The highest BCUT2D eigenvalue weighted by Crippen LogP contribution is 2.29. The smallest absolute Gasteiger partial charge is 0.336 e. The maximum atomic E-state index is 11.0. The molecule has 0 aliphatic carbocycles. The van der Waals surface area contributed by atoms with E-state index in [2.05, 4.69) is 9.97 Å². The summed E-state index contributed by atoms with van der Waals surface area (Å²) in [5.74, 6) is -0.978. The molecule has 82 valence electrons. The number of hydrogen-bond donors (Lipinski definition) is 3. The molecule has 0 amide bonds. The Morgan fingerprint density at radius 1 is 1.50 bits per heavy atom. The minimum Gasteiger partial charge on any atom is -0.478 e. The lowest BCUT2D eigenvalue weighted by molar-refractivity contribution is 0.0693. The molecule has 0 unspecified atom stereocenters. The Kier molecular flexibility index (Phi) is 2.82. The molecule has 5 nitrogen and oxygen atoms in total. The number of aromatic amines is 1. The maximum Gasteiger partial charge on any atom is 0.336 e. The number of rotatable bonds is 3. The van der Waals surface area contributed by atoms with Gasteiger partial charge in [-0.05, 0) is 18.2 Å². The summed E-state index contributed by atoms with van der Waals surface area (Å²) in [4.78, 5) is 18.5. The molecule has 2 aromatic rings. The van der Waals surface area contributed by atoms with Crippen LogP contribution in [0.15, 0.2) is 40.6 Å². The van der Waals surface area contributed by atoms with Gasteiger partial charge in [0.15, 0.2) is 5.16 Å². The van der Waals surface area contributed by atoms with Gasteiger partial charge in [-0.15, -0.1) is 0 Å². The van der Waals surface area contributed by atoms with Gasteiger partial charge in [0.05, 0.1) is 5.56 Å². The van der Waals surface area contributed by atoms with Crippen molar-refractivity contribution in [3.05, 3.63) is 36.2 Å². The monoisotopic (exact) mass is 235 g/mol. The van der Waals surface area contributed by atoms with Crippen LogP contribution in [0.5, 0.6) is 0 Å². The number of carboxylic acid groups (broad SMARTS) is 1. The van der Waals surface area contributed by atoms with Gasteiger partial charge in [-0.25, -0.2) is 9.78 Å². The van der Waals surface area contributed by atoms with Crippen molar-refractivity contribution in [1.29, 1.82) is 0 Å². The molecule has 1 aromatic carbocycles. The van der Waals surface area contributed by atoms with Gasteiger partial charge in [0.2, 0.25) is 0 Å². The van der Waals surface area contributed by atoms with E-state index in [-0.39, 0.29) is 5.56 Å². The summed E-state index contributed by atoms with van der Waals surface area (Å²) in [5, 5.41) is 9.63. The molecule has 0 aliphatic heterocycles. The number of aromatic nitrogens is 2. The zero-order valence-electron chi connectivity index (χ0n) is 8.18. The van der Waals surface area contributed by atoms with Crippen molar-refractivity contribution in [2.45, 2.75) is 10.1 Å². The summed E-state index contributed by atoms with van der Waals surface area (Å²) in [6.07, 6.45) is 3.28. The van der Waals surface area contributed by atoms with E-state index >= 15 is 0 Å². The third-order valence-corrected chi connectivity index (χ3v) is 2.89. The summed E-state index contributed by atoms with van der Waals surface area (Å²) in [6.45, 7) is 0. The minimum atomic E-state index is -0.978. The highest BCUT2D eigenvalue weighted by atomic mass is 32.2. The number of aromatic carboxylic acids is 1. The van der Waals surface area contributed by atoms with Crippen molar-refractivity contribution in [3.8, 4) is 0 Å². The van der Waals surface area contributed by atoms with Crippen LogP contribution < -0.4 is 5.73 Å². The summed E-state index contributed by atoms with van der Waals surface area (Å²) >= 11 is 1.24. The van der Waals surface area contributed by atoms with E-state index in [0.717, 1.165) is 0 Å². The first-order valence-electron chi connectivity index (χ1n) is 4.47. The minimum absolute atomic E-state index is 0.218. The molecule has 2 rings (SSSR count). The second kappa shape index (κ2) is 4.28. The van der Waals surface area contributed by atoms with Gasteiger partial charge >= 0.3 is 5.97 Å². The zero-order valence-corrected chi connectivity index (χ0v) is 8.99. The third-order valence-electron chi connectivity index (χ3n) is 1.92. The molecule has 0 saturated heterocycles. The second-order valence-electron chi connectivity index (χ2n) is 3.06. The molecular formula is C10H9N3O2S. The predicted octanol–water partition coefficient (Wildman–Crippen LogP) is 1.84. The molecule has 1 heterocycles. The zero-order chi connectivity index (χ0) is 11.5. The highest BCUT2D eigenvalue weighted by molar-refractivity contribution is 7.99.